The van der Waals surface area contributed by atoms with Crippen molar-refractivity contribution < 1.29 is 14.2 Å². The predicted octanol–water partition coefficient (Wildman–Crippen LogP) is 3.72. The molecule has 0 aliphatic rings. The number of ether oxygens (including phenoxy) is 3. The summed E-state index contributed by atoms with van der Waals surface area (Å²) >= 11 is 0. The number of benzene rings is 3. The number of nitrogens with one attached hydrogen (secondary N) is 2. The van der Waals surface area contributed by atoms with Gasteiger partial charge in [0.25, 0.3) is 5.56 Å². The third-order valence-electron chi connectivity index (χ3n) is 4.96. The largest absolute Gasteiger partial charge is 0.493 e. The monoisotopic (exact) mass is 457 g/mol. The van der Waals surface area contributed by atoms with Crippen molar-refractivity contribution in [3.63, 3.8) is 0 Å². The number of aromatic amines is 1. The van der Waals surface area contributed by atoms with Crippen LogP contribution in [0.25, 0.3) is 11.4 Å². The molecule has 172 valence electrons. The van der Waals surface area contributed by atoms with E-state index in [1.54, 1.807) is 12.1 Å². The van der Waals surface area contributed by atoms with E-state index in [9.17, 15) is 4.79 Å². The maximum Gasteiger partial charge on any atom is 0.292 e. The van der Waals surface area contributed by atoms with Crippen LogP contribution in [0.1, 0.15) is 11.3 Å². The van der Waals surface area contributed by atoms with Crippen LogP contribution in [0.15, 0.2) is 82.7 Å². The zero-order valence-electron chi connectivity index (χ0n) is 18.9. The van der Waals surface area contributed by atoms with Crippen LogP contribution in [-0.2, 0) is 0 Å². The van der Waals surface area contributed by atoms with Crippen LogP contribution >= 0.6 is 0 Å². The van der Waals surface area contributed by atoms with Gasteiger partial charge in [-0.3, -0.25) is 10.2 Å². The molecule has 0 amide bonds. The average molecular weight is 457 g/mol. The Morgan fingerprint density at radius 3 is 2.09 bits per heavy atom. The first-order valence-electron chi connectivity index (χ1n) is 10.4. The molecular weight excluding hydrogens is 434 g/mol. The number of anilines is 1. The van der Waals surface area contributed by atoms with Gasteiger partial charge < -0.3 is 14.2 Å². The van der Waals surface area contributed by atoms with E-state index in [0.29, 0.717) is 28.6 Å². The van der Waals surface area contributed by atoms with Crippen molar-refractivity contribution >= 4 is 11.4 Å². The highest BCUT2D eigenvalue weighted by molar-refractivity contribution is 6.12. The number of H-pyrrole nitrogens is 1. The summed E-state index contributed by atoms with van der Waals surface area (Å²) in [4.78, 5) is 17.4. The van der Waals surface area contributed by atoms with Crippen molar-refractivity contribution in [2.45, 2.75) is 0 Å². The van der Waals surface area contributed by atoms with Crippen LogP contribution in [0.2, 0.25) is 0 Å². The van der Waals surface area contributed by atoms with Gasteiger partial charge in [-0.2, -0.15) is 10.2 Å². The van der Waals surface area contributed by atoms with Gasteiger partial charge in [-0.15, -0.1) is 0 Å². The summed E-state index contributed by atoms with van der Waals surface area (Å²) in [5.41, 5.74) is 4.85. The molecule has 0 saturated heterocycles. The summed E-state index contributed by atoms with van der Waals surface area (Å²) < 4.78 is 16.4. The Labute approximate surface area is 196 Å². The number of nitrogens with zero attached hydrogens (tertiary/aromatic N) is 3. The minimum absolute atomic E-state index is 0.0755. The molecule has 1 aromatic heterocycles. The van der Waals surface area contributed by atoms with Crippen molar-refractivity contribution in [2.75, 3.05) is 26.8 Å². The molecule has 0 aliphatic heterocycles. The van der Waals surface area contributed by atoms with Crippen LogP contribution < -0.4 is 25.2 Å². The third kappa shape index (κ3) is 4.73. The van der Waals surface area contributed by atoms with Crippen molar-refractivity contribution in [3.05, 3.63) is 94.4 Å². The van der Waals surface area contributed by atoms with Crippen LogP contribution in [-0.4, -0.2) is 42.2 Å². The topological polar surface area (TPSA) is 111 Å². The van der Waals surface area contributed by atoms with E-state index in [-0.39, 0.29) is 11.4 Å². The van der Waals surface area contributed by atoms with Gasteiger partial charge in [0.1, 0.15) is 5.71 Å². The second-order valence-corrected chi connectivity index (χ2v) is 7.06. The van der Waals surface area contributed by atoms with Gasteiger partial charge in [-0.1, -0.05) is 48.5 Å². The number of methoxy groups -OCH3 is 3. The molecular formula is C25H23N5O4. The first-order chi connectivity index (χ1) is 16.6. The van der Waals surface area contributed by atoms with E-state index in [0.717, 1.165) is 11.3 Å². The molecule has 0 radical (unpaired) electrons. The molecule has 4 rings (SSSR count). The quantitative estimate of drug-likeness (QED) is 0.306. The molecule has 9 heteroatoms. The van der Waals surface area contributed by atoms with E-state index in [4.69, 9.17) is 14.2 Å². The van der Waals surface area contributed by atoms with Gasteiger partial charge in [0.2, 0.25) is 5.75 Å². The van der Waals surface area contributed by atoms with E-state index in [1.807, 2.05) is 60.7 Å². The maximum atomic E-state index is 12.9. The first-order valence-corrected chi connectivity index (χ1v) is 10.4. The summed E-state index contributed by atoms with van der Waals surface area (Å²) in [5.74, 6) is 1.61. The third-order valence-corrected chi connectivity index (χ3v) is 4.96. The van der Waals surface area contributed by atoms with Gasteiger partial charge in [-0.25, -0.2) is 10.1 Å². The number of hydrogen-bond acceptors (Lipinski definition) is 8. The summed E-state index contributed by atoms with van der Waals surface area (Å²) in [6.07, 6.45) is 0. The molecule has 4 aromatic rings. The van der Waals surface area contributed by atoms with Crippen LogP contribution in [0.3, 0.4) is 0 Å². The smallest absolute Gasteiger partial charge is 0.292 e. The van der Waals surface area contributed by atoms with Gasteiger partial charge >= 0.3 is 0 Å². The maximum absolute atomic E-state index is 12.9. The standard InChI is InChI=1S/C25H23N5O4/c1-32-19-14-17(15-20(33-2)23(19)34-3)21(28-27-18-12-8-5-9-13-18)22-25(31)30-29-24(26-22)16-10-6-4-7-11-16/h4-15,27H,1-3H3,(H,30,31)/b28-21-. The molecule has 34 heavy (non-hydrogen) atoms. The molecule has 0 unspecified atom stereocenters. The lowest BCUT2D eigenvalue weighted by Crippen LogP contribution is -2.24. The number of para-hydroxylation sites is 1. The molecule has 2 N–H and O–H groups in total. The summed E-state index contributed by atoms with van der Waals surface area (Å²) in [6, 6.07) is 22.1. The van der Waals surface area contributed by atoms with E-state index in [1.165, 1.54) is 21.3 Å². The zero-order valence-corrected chi connectivity index (χ0v) is 18.9. The Balaban J connectivity index is 1.91. The number of aromatic nitrogens is 3. The lowest BCUT2D eigenvalue weighted by atomic mass is 10.1. The second kappa shape index (κ2) is 10.3. The lowest BCUT2D eigenvalue weighted by molar-refractivity contribution is 0.324. The van der Waals surface area contributed by atoms with Gasteiger partial charge in [0, 0.05) is 11.1 Å². The number of hydrogen-bond donors (Lipinski definition) is 2. The van der Waals surface area contributed by atoms with E-state index in [2.05, 4.69) is 25.7 Å². The molecule has 0 saturated carbocycles. The SMILES string of the molecule is COc1cc(/C(=N/Nc2ccccc2)c2nc(-c3ccccc3)n[nH]c2=O)cc(OC)c1OC. The molecule has 0 aliphatic carbocycles. The fourth-order valence-corrected chi connectivity index (χ4v) is 3.32. The van der Waals surface area contributed by atoms with Gasteiger partial charge in [0.05, 0.1) is 27.0 Å². The fourth-order valence-electron chi connectivity index (χ4n) is 3.32. The summed E-state index contributed by atoms with van der Waals surface area (Å²) in [6.45, 7) is 0. The Hall–Kier alpha value is -4.66. The van der Waals surface area contributed by atoms with Gasteiger partial charge in [-0.05, 0) is 24.3 Å². The molecule has 9 nitrogen and oxygen atoms in total. The highest BCUT2D eigenvalue weighted by Crippen LogP contribution is 2.38. The van der Waals surface area contributed by atoms with E-state index >= 15 is 0 Å². The van der Waals surface area contributed by atoms with Crippen molar-refractivity contribution in [3.8, 4) is 28.6 Å². The summed E-state index contributed by atoms with van der Waals surface area (Å²) in [7, 11) is 4.56. The Morgan fingerprint density at radius 1 is 0.882 bits per heavy atom. The van der Waals surface area contributed by atoms with Crippen molar-refractivity contribution in [2.24, 2.45) is 5.10 Å². The number of rotatable bonds is 8. The first kappa shape index (κ1) is 22.5. The van der Waals surface area contributed by atoms with E-state index < -0.39 is 5.56 Å². The zero-order chi connectivity index (χ0) is 23.9. The highest BCUT2D eigenvalue weighted by Gasteiger charge is 2.21. The minimum Gasteiger partial charge on any atom is -0.493 e. The molecule has 3 aromatic carbocycles. The molecule has 0 bridgehead atoms. The Kier molecular flexibility index (Phi) is 6.83. The van der Waals surface area contributed by atoms with Gasteiger partial charge in [0.15, 0.2) is 23.0 Å². The minimum atomic E-state index is -0.498. The Morgan fingerprint density at radius 2 is 1.50 bits per heavy atom. The molecule has 0 spiro atoms. The number of hydrazone groups is 1. The van der Waals surface area contributed by atoms with Crippen LogP contribution in [0.4, 0.5) is 5.69 Å². The van der Waals surface area contributed by atoms with Crippen LogP contribution in [0.5, 0.6) is 17.2 Å². The Bertz CT molecular complexity index is 1330. The average Bonchev–Trinajstić information content (AvgIpc) is 2.90. The molecule has 1 heterocycles. The highest BCUT2D eigenvalue weighted by atomic mass is 16.5. The lowest BCUT2D eigenvalue weighted by Gasteiger charge is -2.15. The fraction of sp³-hybridized carbons (Fsp3) is 0.120. The second-order valence-electron chi connectivity index (χ2n) is 7.06. The van der Waals surface area contributed by atoms with Crippen molar-refractivity contribution in [1.29, 1.82) is 0 Å². The molecule has 0 fully saturated rings. The van der Waals surface area contributed by atoms with Crippen LogP contribution in [0, 0.1) is 0 Å². The molecule has 0 atom stereocenters. The summed E-state index contributed by atoms with van der Waals surface area (Å²) in [5, 5.41) is 11.2. The van der Waals surface area contributed by atoms with Crippen molar-refractivity contribution in [1.82, 2.24) is 15.2 Å². The normalized spacial score (nSPS) is 11.1. The predicted molar refractivity (Wildman–Crippen MR) is 130 cm³/mol.